The fourth-order valence-electron chi connectivity index (χ4n) is 4.54. The molecule has 2 rings (SSSR count). The minimum atomic E-state index is -0.542. The third-order valence-corrected chi connectivity index (χ3v) is 6.99. The molecule has 46 heavy (non-hydrogen) atoms. The Morgan fingerprint density at radius 3 is 2.00 bits per heavy atom. The quantitative estimate of drug-likeness (QED) is 0.0225. The maximum Gasteiger partial charge on any atom is 0.311 e. The molecule has 0 fully saturated rings. The average molecular weight is 633 g/mol. The van der Waals surface area contributed by atoms with Crippen LogP contribution in [-0.2, 0) is 23.9 Å². The van der Waals surface area contributed by atoms with Crippen LogP contribution >= 0.6 is 0 Å². The summed E-state index contributed by atoms with van der Waals surface area (Å²) < 4.78 is 21.0. The Balaban J connectivity index is 1.61. The lowest BCUT2D eigenvalue weighted by atomic mass is 10.1. The van der Waals surface area contributed by atoms with E-state index in [2.05, 4.69) is 24.1 Å². The lowest BCUT2D eigenvalue weighted by Crippen LogP contribution is -2.19. The van der Waals surface area contributed by atoms with Crippen molar-refractivity contribution >= 4 is 29.7 Å². The summed E-state index contributed by atoms with van der Waals surface area (Å²) >= 11 is 0. The smallest absolute Gasteiger partial charge is 0.311 e. The molecule has 0 amide bonds. The van der Waals surface area contributed by atoms with E-state index in [0.29, 0.717) is 35.8 Å². The Morgan fingerprint density at radius 2 is 1.33 bits per heavy atom. The van der Waals surface area contributed by atoms with Gasteiger partial charge in [0, 0.05) is 12.8 Å². The van der Waals surface area contributed by atoms with Gasteiger partial charge in [-0.15, -0.1) is 5.26 Å². The van der Waals surface area contributed by atoms with Crippen LogP contribution in [0.1, 0.15) is 103 Å². The largest absolute Gasteiger partial charge is 0.462 e. The van der Waals surface area contributed by atoms with Crippen LogP contribution in [-0.4, -0.2) is 30.1 Å². The molecule has 2 aromatic rings. The molecule has 0 N–H and O–H groups in total. The van der Waals surface area contributed by atoms with Crippen LogP contribution in [0.2, 0.25) is 0 Å². The minimum absolute atomic E-state index is 0.0630. The lowest BCUT2D eigenvalue weighted by Gasteiger charge is -2.16. The number of rotatable bonds is 23. The van der Waals surface area contributed by atoms with Crippen LogP contribution in [0.25, 0.3) is 0 Å². The summed E-state index contributed by atoms with van der Waals surface area (Å²) in [6, 6.07) is 12.4. The Kier molecular flexibility index (Phi) is 19.2. The van der Waals surface area contributed by atoms with Crippen molar-refractivity contribution in [3.05, 3.63) is 60.7 Å². The average Bonchev–Trinajstić information content (AvgIpc) is 3.05. The highest BCUT2D eigenvalue weighted by molar-refractivity contribution is 5.79. The predicted octanol–water partition coefficient (Wildman–Crippen LogP) is 8.36. The van der Waals surface area contributed by atoms with Gasteiger partial charge in [-0.3, -0.25) is 14.4 Å². The van der Waals surface area contributed by atoms with E-state index in [1.165, 1.54) is 30.3 Å². The summed E-state index contributed by atoms with van der Waals surface area (Å²) in [5.74, 6) is -0.182. The molecule has 0 unspecified atom stereocenters. The van der Waals surface area contributed by atoms with Gasteiger partial charge in [-0.05, 0) is 80.6 Å². The molecule has 0 radical (unpaired) electrons. The standard InChI is InChI=1S/C36H44N2O8/c1-2-3-4-11-14-31(44-35(41)25-26-36(42)46-33-23-21-30(22-24-33)43-27-37)15-12-9-7-5-6-8-10-13-16-34(40)45-32-19-17-29(18-20-32)38-28-39/h9,12,17-24,31H,2-8,10-11,13-16,25-26H2,1H3/b12-9-/t31-/m1/s1. The van der Waals surface area contributed by atoms with E-state index in [-0.39, 0.29) is 24.9 Å². The first-order valence-corrected chi connectivity index (χ1v) is 16.0. The van der Waals surface area contributed by atoms with E-state index in [9.17, 15) is 19.2 Å². The first-order valence-electron chi connectivity index (χ1n) is 16.0. The van der Waals surface area contributed by atoms with Crippen LogP contribution in [0, 0.1) is 11.5 Å². The minimum Gasteiger partial charge on any atom is -0.462 e. The molecule has 1 atom stereocenters. The van der Waals surface area contributed by atoms with E-state index >= 15 is 0 Å². The highest BCUT2D eigenvalue weighted by Crippen LogP contribution is 2.20. The van der Waals surface area contributed by atoms with E-state index in [4.69, 9.17) is 24.2 Å². The molecular formula is C36H44N2O8. The summed E-state index contributed by atoms with van der Waals surface area (Å²) in [7, 11) is 0. The molecule has 0 saturated carbocycles. The van der Waals surface area contributed by atoms with Crippen molar-refractivity contribution in [1.29, 1.82) is 5.26 Å². The molecule has 2 aromatic carbocycles. The van der Waals surface area contributed by atoms with E-state index in [0.717, 1.165) is 70.6 Å². The van der Waals surface area contributed by atoms with Gasteiger partial charge in [0.1, 0.15) is 23.4 Å². The van der Waals surface area contributed by atoms with Gasteiger partial charge in [-0.25, -0.2) is 4.79 Å². The number of hydrogen-bond donors (Lipinski definition) is 0. The van der Waals surface area contributed by atoms with Gasteiger partial charge >= 0.3 is 17.9 Å². The zero-order valence-electron chi connectivity index (χ0n) is 26.6. The van der Waals surface area contributed by atoms with Gasteiger partial charge < -0.3 is 18.9 Å². The van der Waals surface area contributed by atoms with Crippen molar-refractivity contribution in [2.24, 2.45) is 4.99 Å². The molecule has 0 spiro atoms. The van der Waals surface area contributed by atoms with Crippen LogP contribution in [0.4, 0.5) is 5.69 Å². The second kappa shape index (κ2) is 23.6. The second-order valence-corrected chi connectivity index (χ2v) is 10.8. The van der Waals surface area contributed by atoms with Crippen molar-refractivity contribution in [2.45, 2.75) is 109 Å². The molecule has 10 heteroatoms. The Hall–Kier alpha value is -4.74. The van der Waals surface area contributed by atoms with Crippen molar-refractivity contribution in [1.82, 2.24) is 0 Å². The van der Waals surface area contributed by atoms with Gasteiger partial charge in [0.25, 0.3) is 6.26 Å². The van der Waals surface area contributed by atoms with E-state index < -0.39 is 11.9 Å². The van der Waals surface area contributed by atoms with Gasteiger partial charge in [0.05, 0.1) is 18.5 Å². The molecule has 0 aliphatic carbocycles. The van der Waals surface area contributed by atoms with Crippen LogP contribution < -0.4 is 14.2 Å². The normalized spacial score (nSPS) is 11.2. The van der Waals surface area contributed by atoms with Crippen LogP contribution in [0.5, 0.6) is 17.2 Å². The van der Waals surface area contributed by atoms with Gasteiger partial charge in [-0.2, -0.15) is 4.99 Å². The number of ether oxygens (including phenoxy) is 4. The Morgan fingerprint density at radius 1 is 0.739 bits per heavy atom. The van der Waals surface area contributed by atoms with Gasteiger partial charge in [-0.1, -0.05) is 57.6 Å². The summed E-state index contributed by atoms with van der Waals surface area (Å²) in [4.78, 5) is 50.5. The number of aliphatic imine (C=N–C) groups is 1. The number of hydrogen-bond acceptors (Lipinski definition) is 10. The third kappa shape index (κ3) is 17.5. The molecule has 0 aromatic heterocycles. The molecule has 0 bridgehead atoms. The number of allylic oxidation sites excluding steroid dienone is 1. The summed E-state index contributed by atoms with van der Waals surface area (Å²) in [5.41, 5.74) is 0.456. The molecular weight excluding hydrogens is 588 g/mol. The first kappa shape index (κ1) is 37.4. The number of esters is 3. The van der Waals surface area contributed by atoms with E-state index in [1.54, 1.807) is 30.5 Å². The van der Waals surface area contributed by atoms with Crippen molar-refractivity contribution in [3.8, 4) is 23.5 Å². The molecule has 0 aliphatic rings. The number of nitriles is 1. The first-order chi connectivity index (χ1) is 22.4. The molecule has 0 aliphatic heterocycles. The molecule has 246 valence electrons. The number of nitrogens with zero attached hydrogens (tertiary/aromatic N) is 2. The van der Waals surface area contributed by atoms with Crippen LogP contribution in [0.3, 0.4) is 0 Å². The molecule has 10 nitrogen and oxygen atoms in total. The zero-order valence-corrected chi connectivity index (χ0v) is 26.6. The van der Waals surface area contributed by atoms with Crippen molar-refractivity contribution < 1.29 is 38.1 Å². The predicted molar refractivity (Wildman–Crippen MR) is 172 cm³/mol. The van der Waals surface area contributed by atoms with Crippen molar-refractivity contribution in [2.75, 3.05) is 0 Å². The SMILES string of the molecule is CCCCCC[C@H](C/C=C\CCCCCCCC(=O)Oc1ccc(N=C=O)cc1)OC(=O)CCC(=O)Oc1ccc(OC#N)cc1. The number of benzene rings is 2. The number of carbonyl (C=O) groups excluding carboxylic acids is 4. The third-order valence-electron chi connectivity index (χ3n) is 6.99. The summed E-state index contributed by atoms with van der Waals surface area (Å²) in [6.45, 7) is 2.15. The maximum absolute atomic E-state index is 12.5. The summed E-state index contributed by atoms with van der Waals surface area (Å²) in [5, 5.41) is 8.54. The zero-order chi connectivity index (χ0) is 33.2. The van der Waals surface area contributed by atoms with Crippen molar-refractivity contribution in [3.63, 3.8) is 0 Å². The highest BCUT2D eigenvalue weighted by Gasteiger charge is 2.16. The summed E-state index contributed by atoms with van der Waals surface area (Å²) in [6.07, 6.45) is 18.7. The maximum atomic E-state index is 12.5. The second-order valence-electron chi connectivity index (χ2n) is 10.8. The Bertz CT molecular complexity index is 1310. The lowest BCUT2D eigenvalue weighted by molar-refractivity contribution is -0.151. The number of isocyanates is 1. The van der Waals surface area contributed by atoms with E-state index in [1.807, 2.05) is 0 Å². The van der Waals surface area contributed by atoms with Gasteiger partial charge in [0.2, 0.25) is 6.08 Å². The monoisotopic (exact) mass is 632 g/mol. The number of unbranched alkanes of at least 4 members (excludes halogenated alkanes) is 8. The molecule has 0 saturated heterocycles. The number of carbonyl (C=O) groups is 3. The Labute approximate surface area is 271 Å². The topological polar surface area (TPSA) is 141 Å². The molecule has 0 heterocycles. The van der Waals surface area contributed by atoms with Crippen LogP contribution in [0.15, 0.2) is 65.7 Å². The fraction of sp³-hybridized carbons (Fsp3) is 0.472. The van der Waals surface area contributed by atoms with Gasteiger partial charge in [0.15, 0.2) is 0 Å². The fourth-order valence-corrected chi connectivity index (χ4v) is 4.54. The highest BCUT2D eigenvalue weighted by atomic mass is 16.5.